The van der Waals surface area contributed by atoms with Gasteiger partial charge in [-0.25, -0.2) is 4.39 Å². The van der Waals surface area contributed by atoms with Crippen LogP contribution in [0.1, 0.15) is 45.2 Å². The lowest BCUT2D eigenvalue weighted by Crippen LogP contribution is -2.20. The molecule has 4 heteroatoms. The molecule has 1 unspecified atom stereocenters. The summed E-state index contributed by atoms with van der Waals surface area (Å²) in [5.74, 6) is 0.488. The second-order valence-electron chi connectivity index (χ2n) is 4.82. The number of hydrogen-bond acceptors (Lipinski definition) is 3. The molecule has 1 rings (SSSR count). The highest BCUT2D eigenvalue weighted by atomic mass is 19.1. The molecule has 0 aliphatic carbocycles. The summed E-state index contributed by atoms with van der Waals surface area (Å²) in [6.45, 7) is 8.88. The van der Waals surface area contributed by atoms with Gasteiger partial charge in [-0.15, -0.1) is 0 Å². The molecule has 0 saturated heterocycles. The molecule has 1 N–H and O–H groups in total. The van der Waals surface area contributed by atoms with E-state index in [9.17, 15) is 4.39 Å². The molecule has 0 heterocycles. The molecule has 0 aliphatic rings. The summed E-state index contributed by atoms with van der Waals surface area (Å²) in [6, 6.07) is 4.72. The van der Waals surface area contributed by atoms with Crippen LogP contribution in [0.5, 0.6) is 5.75 Å². The van der Waals surface area contributed by atoms with Crippen LogP contribution in [0, 0.1) is 5.82 Å². The van der Waals surface area contributed by atoms with E-state index in [0.717, 1.165) is 37.3 Å². The number of hydrogen-bond donors (Lipinski definition) is 1. The zero-order chi connectivity index (χ0) is 14.8. The highest BCUT2D eigenvalue weighted by Gasteiger charge is 2.12. The van der Waals surface area contributed by atoms with Gasteiger partial charge in [0.25, 0.3) is 0 Å². The molecular weight excluding hydrogens is 257 g/mol. The van der Waals surface area contributed by atoms with Gasteiger partial charge in [0.2, 0.25) is 0 Å². The fourth-order valence-electron chi connectivity index (χ4n) is 1.92. The second kappa shape index (κ2) is 9.72. The summed E-state index contributed by atoms with van der Waals surface area (Å²) in [5, 5.41) is 3.35. The molecule has 1 aromatic rings. The summed E-state index contributed by atoms with van der Waals surface area (Å²) < 4.78 is 24.5. The minimum Gasteiger partial charge on any atom is -0.491 e. The van der Waals surface area contributed by atoms with Gasteiger partial charge in [0.15, 0.2) is 0 Å². The fraction of sp³-hybridized carbons (Fsp3) is 0.625. The van der Waals surface area contributed by atoms with E-state index in [-0.39, 0.29) is 11.9 Å². The van der Waals surface area contributed by atoms with Crippen molar-refractivity contribution in [1.29, 1.82) is 0 Å². The maximum atomic E-state index is 13.4. The molecule has 0 aromatic heterocycles. The van der Waals surface area contributed by atoms with Crippen molar-refractivity contribution < 1.29 is 13.9 Å². The monoisotopic (exact) mass is 283 g/mol. The van der Waals surface area contributed by atoms with Crippen LogP contribution in [0.2, 0.25) is 0 Å². The third-order valence-corrected chi connectivity index (χ3v) is 2.97. The van der Waals surface area contributed by atoms with Crippen LogP contribution in [0.15, 0.2) is 18.2 Å². The van der Waals surface area contributed by atoms with E-state index in [1.807, 2.05) is 6.92 Å². The summed E-state index contributed by atoms with van der Waals surface area (Å²) in [7, 11) is 0. The van der Waals surface area contributed by atoms with E-state index in [1.54, 1.807) is 6.07 Å². The van der Waals surface area contributed by atoms with Gasteiger partial charge in [-0.3, -0.25) is 0 Å². The molecule has 20 heavy (non-hydrogen) atoms. The van der Waals surface area contributed by atoms with Crippen molar-refractivity contribution in [2.24, 2.45) is 0 Å². The van der Waals surface area contributed by atoms with Crippen LogP contribution < -0.4 is 10.1 Å². The van der Waals surface area contributed by atoms with Gasteiger partial charge < -0.3 is 14.8 Å². The Kier molecular flexibility index (Phi) is 8.23. The summed E-state index contributed by atoms with van der Waals surface area (Å²) in [5.41, 5.74) is 0.856. The number of ether oxygens (including phenoxy) is 2. The highest BCUT2D eigenvalue weighted by Crippen LogP contribution is 2.26. The lowest BCUT2D eigenvalue weighted by Gasteiger charge is -2.18. The molecule has 0 amide bonds. The topological polar surface area (TPSA) is 30.5 Å². The van der Waals surface area contributed by atoms with E-state index < -0.39 is 0 Å². The molecular formula is C16H26FNO2. The second-order valence-corrected chi connectivity index (χ2v) is 4.82. The number of rotatable bonds is 10. The van der Waals surface area contributed by atoms with Crippen molar-refractivity contribution >= 4 is 0 Å². The van der Waals surface area contributed by atoms with Gasteiger partial charge in [-0.1, -0.05) is 13.8 Å². The van der Waals surface area contributed by atoms with Gasteiger partial charge in [0, 0.05) is 18.2 Å². The molecule has 3 nitrogen and oxygen atoms in total. The van der Waals surface area contributed by atoms with E-state index in [4.69, 9.17) is 9.47 Å². The van der Waals surface area contributed by atoms with Crippen LogP contribution in [-0.4, -0.2) is 26.4 Å². The van der Waals surface area contributed by atoms with Gasteiger partial charge in [-0.2, -0.15) is 0 Å². The SMILES string of the molecule is CCCNC(C)c1cc(F)ccc1OCCOCCC. The zero-order valence-electron chi connectivity index (χ0n) is 12.7. The first-order valence-corrected chi connectivity index (χ1v) is 7.42. The minimum absolute atomic E-state index is 0.0669. The van der Waals surface area contributed by atoms with Crippen LogP contribution >= 0.6 is 0 Å². The Morgan fingerprint density at radius 3 is 2.65 bits per heavy atom. The lowest BCUT2D eigenvalue weighted by atomic mass is 10.1. The first-order valence-electron chi connectivity index (χ1n) is 7.42. The molecule has 114 valence electrons. The van der Waals surface area contributed by atoms with Crippen molar-refractivity contribution in [2.75, 3.05) is 26.4 Å². The van der Waals surface area contributed by atoms with E-state index in [1.165, 1.54) is 12.1 Å². The molecule has 0 bridgehead atoms. The fourth-order valence-corrected chi connectivity index (χ4v) is 1.92. The highest BCUT2D eigenvalue weighted by molar-refractivity contribution is 5.36. The Bertz CT molecular complexity index is 385. The Hall–Kier alpha value is -1.13. The maximum absolute atomic E-state index is 13.4. The number of benzene rings is 1. The van der Waals surface area contributed by atoms with Crippen LogP contribution in [0.4, 0.5) is 4.39 Å². The van der Waals surface area contributed by atoms with Crippen LogP contribution in [0.3, 0.4) is 0 Å². The molecule has 0 aliphatic heterocycles. The van der Waals surface area contributed by atoms with Gasteiger partial charge >= 0.3 is 0 Å². The minimum atomic E-state index is -0.236. The van der Waals surface area contributed by atoms with Crippen molar-refractivity contribution in [3.05, 3.63) is 29.6 Å². The van der Waals surface area contributed by atoms with Crippen LogP contribution in [0.25, 0.3) is 0 Å². The smallest absolute Gasteiger partial charge is 0.124 e. The van der Waals surface area contributed by atoms with Crippen LogP contribution in [-0.2, 0) is 4.74 Å². The Labute approximate surface area is 121 Å². The van der Waals surface area contributed by atoms with Gasteiger partial charge in [-0.05, 0) is 44.5 Å². The van der Waals surface area contributed by atoms with Gasteiger partial charge in [0.05, 0.1) is 6.61 Å². The number of halogens is 1. The first kappa shape index (κ1) is 16.9. The predicted octanol–water partition coefficient (Wildman–Crippen LogP) is 3.69. The molecule has 0 spiro atoms. The predicted molar refractivity (Wildman–Crippen MR) is 79.7 cm³/mol. The van der Waals surface area contributed by atoms with Crippen molar-refractivity contribution in [3.63, 3.8) is 0 Å². The van der Waals surface area contributed by atoms with E-state index >= 15 is 0 Å². The largest absolute Gasteiger partial charge is 0.491 e. The zero-order valence-corrected chi connectivity index (χ0v) is 12.7. The lowest BCUT2D eigenvalue weighted by molar-refractivity contribution is 0.100. The van der Waals surface area contributed by atoms with Crippen molar-refractivity contribution in [2.45, 2.75) is 39.7 Å². The normalized spacial score (nSPS) is 12.4. The third-order valence-electron chi connectivity index (χ3n) is 2.97. The molecule has 0 saturated carbocycles. The molecule has 0 fully saturated rings. The number of nitrogens with one attached hydrogen (secondary N) is 1. The van der Waals surface area contributed by atoms with Gasteiger partial charge in [0.1, 0.15) is 18.2 Å². The third kappa shape index (κ3) is 5.88. The summed E-state index contributed by atoms with van der Waals surface area (Å²) in [6.07, 6.45) is 2.04. The average Bonchev–Trinajstić information content (AvgIpc) is 2.45. The maximum Gasteiger partial charge on any atom is 0.124 e. The average molecular weight is 283 g/mol. The van der Waals surface area contributed by atoms with Crippen molar-refractivity contribution in [3.8, 4) is 5.75 Å². The molecule has 1 atom stereocenters. The standard InChI is InChI=1S/C16H26FNO2/c1-4-8-18-13(3)15-12-14(17)6-7-16(15)20-11-10-19-9-5-2/h6-7,12-13,18H,4-5,8-11H2,1-3H3. The quantitative estimate of drug-likeness (QED) is 0.664. The Morgan fingerprint density at radius 2 is 1.95 bits per heavy atom. The summed E-state index contributed by atoms with van der Waals surface area (Å²) >= 11 is 0. The Balaban J connectivity index is 2.59. The Morgan fingerprint density at radius 1 is 1.15 bits per heavy atom. The van der Waals surface area contributed by atoms with E-state index in [2.05, 4.69) is 19.2 Å². The van der Waals surface area contributed by atoms with E-state index in [0.29, 0.717) is 13.2 Å². The first-order chi connectivity index (χ1) is 9.69. The summed E-state index contributed by atoms with van der Waals surface area (Å²) in [4.78, 5) is 0. The molecule has 1 aromatic carbocycles. The van der Waals surface area contributed by atoms with Crippen molar-refractivity contribution in [1.82, 2.24) is 5.32 Å². The molecule has 0 radical (unpaired) electrons.